The number of halogens is 5. The number of H-pyrrole nitrogens is 2. The van der Waals surface area contributed by atoms with E-state index >= 15 is 8.78 Å². The number of ketones is 2. The van der Waals surface area contributed by atoms with E-state index < -0.39 is 54.5 Å². The highest BCUT2D eigenvalue weighted by atomic mass is 79.9. The molecule has 4 aromatic heterocycles. The first-order valence-corrected chi connectivity index (χ1v) is 25.1. The number of aromatic amines is 2. The van der Waals surface area contributed by atoms with Gasteiger partial charge in [-0.1, -0.05) is 61.3 Å². The van der Waals surface area contributed by atoms with E-state index in [2.05, 4.69) is 45.3 Å². The molecule has 0 aliphatic heterocycles. The lowest BCUT2D eigenvalue weighted by Gasteiger charge is -2.12. The normalized spacial score (nSPS) is 11.5. The largest absolute Gasteiger partial charge is 0.345 e. The van der Waals surface area contributed by atoms with Crippen molar-refractivity contribution in [2.75, 3.05) is 20.9 Å². The summed E-state index contributed by atoms with van der Waals surface area (Å²) in [4.78, 5) is 41.3. The van der Waals surface area contributed by atoms with Crippen molar-refractivity contribution in [3.63, 3.8) is 0 Å². The van der Waals surface area contributed by atoms with Crippen LogP contribution in [0.2, 0.25) is 10.0 Å². The van der Waals surface area contributed by atoms with E-state index in [9.17, 15) is 31.7 Å². The fourth-order valence-electron chi connectivity index (χ4n) is 7.04. The minimum atomic E-state index is -3.81. The summed E-state index contributed by atoms with van der Waals surface area (Å²) in [6, 6.07) is 24.6. The van der Waals surface area contributed by atoms with Crippen molar-refractivity contribution >= 4 is 104 Å². The van der Waals surface area contributed by atoms with E-state index in [1.807, 2.05) is 18.2 Å². The predicted molar refractivity (Wildman–Crippen MR) is 261 cm³/mol. The second kappa shape index (κ2) is 20.2. The van der Waals surface area contributed by atoms with Gasteiger partial charge in [0.2, 0.25) is 20.0 Å². The first kappa shape index (κ1) is 48.4. The summed E-state index contributed by atoms with van der Waals surface area (Å²) in [5.74, 6) is -3.82. The highest BCUT2D eigenvalue weighted by Gasteiger charge is 2.27. The van der Waals surface area contributed by atoms with Crippen molar-refractivity contribution in [3.05, 3.63) is 164 Å². The number of fused-ring (bicyclic) bond motifs is 2. The van der Waals surface area contributed by atoms with Gasteiger partial charge in [-0.3, -0.25) is 19.0 Å². The van der Waals surface area contributed by atoms with Crippen LogP contribution in [0.25, 0.3) is 44.3 Å². The minimum absolute atomic E-state index is 0.0993. The van der Waals surface area contributed by atoms with Crippen LogP contribution >= 0.6 is 39.1 Å². The van der Waals surface area contributed by atoms with E-state index in [0.717, 1.165) is 22.8 Å². The molecular weight excluding hydrogens is 1010 g/mol. The smallest absolute Gasteiger partial charge is 0.232 e. The molecule has 0 saturated carbocycles. The Kier molecular flexibility index (Phi) is 14.6. The number of anilines is 2. The second-order valence-corrected chi connectivity index (χ2v) is 20.3. The van der Waals surface area contributed by atoms with Crippen molar-refractivity contribution in [2.24, 2.45) is 0 Å². The van der Waals surface area contributed by atoms with Crippen molar-refractivity contribution in [1.29, 1.82) is 5.26 Å². The Morgan fingerprint density at radius 1 is 0.657 bits per heavy atom. The number of hydrogen-bond donors (Lipinski definition) is 4. The SMILES string of the molecule is CCCS(=O)(=O)Nc1ccc(Br)c(C(=O)c2c[nH]c3ncc(-c4ccc(Cl)cc4)cc23)c1F.CCCS(=O)(=O)Nc1ccc(C#N)c(C(=O)c2c[nH]c3ncc(-c4ccc(Cl)cc4)cc23)c1F. The van der Waals surface area contributed by atoms with Crippen LogP contribution in [0.4, 0.5) is 20.2 Å². The maximum absolute atomic E-state index is 15.4. The lowest BCUT2D eigenvalue weighted by molar-refractivity contribution is 0.102. The second-order valence-electron chi connectivity index (χ2n) is 14.9. The van der Waals surface area contributed by atoms with Gasteiger partial charge in [0.25, 0.3) is 0 Å². The van der Waals surface area contributed by atoms with Crippen LogP contribution in [0.3, 0.4) is 0 Å². The van der Waals surface area contributed by atoms with E-state index in [0.29, 0.717) is 50.5 Å². The summed E-state index contributed by atoms with van der Waals surface area (Å²) in [6.07, 6.45) is 6.84. The number of nitrogens with zero attached hydrogens (tertiary/aromatic N) is 3. The molecule has 8 rings (SSSR count). The maximum Gasteiger partial charge on any atom is 0.232 e. The molecule has 0 amide bonds. The van der Waals surface area contributed by atoms with Gasteiger partial charge in [0.05, 0.1) is 39.6 Å². The number of nitriles is 1. The van der Waals surface area contributed by atoms with E-state index in [4.69, 9.17) is 23.2 Å². The molecular formula is C47H36BrCl2F2N7O6S2. The fraction of sp³-hybridized carbons (Fsp3) is 0.128. The zero-order chi connectivity index (χ0) is 48.2. The Balaban J connectivity index is 0.000000199. The number of sulfonamides is 2. The lowest BCUT2D eigenvalue weighted by Crippen LogP contribution is -2.18. The average molecular weight is 1050 g/mol. The summed E-state index contributed by atoms with van der Waals surface area (Å²) in [7, 11) is -7.54. The van der Waals surface area contributed by atoms with Crippen LogP contribution in [0.15, 0.2) is 114 Å². The van der Waals surface area contributed by atoms with E-state index in [1.54, 1.807) is 74.8 Å². The molecule has 0 atom stereocenters. The number of carbonyl (C=O) groups excluding carboxylic acids is 2. The Morgan fingerprint density at radius 2 is 1.07 bits per heavy atom. The lowest BCUT2D eigenvalue weighted by atomic mass is 9.96. The molecule has 0 radical (unpaired) electrons. The molecule has 4 heterocycles. The molecule has 0 aliphatic rings. The van der Waals surface area contributed by atoms with Gasteiger partial charge in [-0.15, -0.1) is 0 Å². The molecule has 0 aliphatic carbocycles. The zero-order valence-corrected chi connectivity index (χ0v) is 39.9. The van der Waals surface area contributed by atoms with Crippen molar-refractivity contribution in [2.45, 2.75) is 26.7 Å². The van der Waals surface area contributed by atoms with Crippen LogP contribution in [-0.2, 0) is 20.0 Å². The zero-order valence-electron chi connectivity index (χ0n) is 35.2. The molecule has 0 fully saturated rings. The number of nitrogens with one attached hydrogen (secondary N) is 4. The Bertz CT molecular complexity index is 3490. The molecule has 0 saturated heterocycles. The van der Waals surface area contributed by atoms with Gasteiger partial charge in [0.15, 0.2) is 23.2 Å². The highest BCUT2D eigenvalue weighted by Crippen LogP contribution is 2.34. The first-order valence-electron chi connectivity index (χ1n) is 20.2. The summed E-state index contributed by atoms with van der Waals surface area (Å²) in [5, 5.41) is 11.6. The van der Waals surface area contributed by atoms with Gasteiger partial charge in [0.1, 0.15) is 17.4 Å². The van der Waals surface area contributed by atoms with Crippen LogP contribution in [0.5, 0.6) is 0 Å². The van der Waals surface area contributed by atoms with Gasteiger partial charge in [-0.25, -0.2) is 35.6 Å². The number of carbonyl (C=O) groups is 2. The molecule has 13 nitrogen and oxygen atoms in total. The Hall–Kier alpha value is -6.49. The standard InChI is InChI=1S/C24H18ClFN4O3S.C23H18BrClFN3O3S/c1-2-9-34(32,33)30-20-8-5-15(11-27)21(22(20)26)23(31)19-13-29-24-18(19)10-16(12-28-24)14-3-6-17(25)7-4-14;1-2-9-33(31,32)29-19-8-7-18(24)20(21(19)26)22(30)17-12-28-23-16(17)10-14(11-27-23)13-3-5-15(25)6-4-13/h3-8,10,12-13,30H,2,9H2,1H3,(H,28,29);3-8,10-12,29H,2,9H2,1H3,(H,27,28). The summed E-state index contributed by atoms with van der Waals surface area (Å²) in [6.45, 7) is 3.38. The molecule has 67 heavy (non-hydrogen) atoms. The topological polar surface area (TPSA) is 208 Å². The fourth-order valence-corrected chi connectivity index (χ4v) is 10.0. The molecule has 342 valence electrons. The number of hydrogen-bond acceptors (Lipinski definition) is 9. The van der Waals surface area contributed by atoms with Gasteiger partial charge in [-0.2, -0.15) is 5.26 Å². The predicted octanol–water partition coefficient (Wildman–Crippen LogP) is 11.4. The maximum atomic E-state index is 15.4. The highest BCUT2D eigenvalue weighted by molar-refractivity contribution is 9.10. The molecule has 4 aromatic carbocycles. The third-order valence-corrected chi connectivity index (χ3v) is 14.3. The minimum Gasteiger partial charge on any atom is -0.345 e. The van der Waals surface area contributed by atoms with Gasteiger partial charge < -0.3 is 9.97 Å². The third kappa shape index (κ3) is 10.7. The number of rotatable bonds is 14. The van der Waals surface area contributed by atoms with Crippen LogP contribution < -0.4 is 9.44 Å². The monoisotopic (exact) mass is 1050 g/mol. The van der Waals surface area contributed by atoms with Crippen molar-refractivity contribution < 1.29 is 35.2 Å². The summed E-state index contributed by atoms with van der Waals surface area (Å²) >= 11 is 15.1. The molecule has 20 heteroatoms. The van der Waals surface area contributed by atoms with E-state index in [-0.39, 0.29) is 43.9 Å². The van der Waals surface area contributed by atoms with Crippen molar-refractivity contribution in [1.82, 2.24) is 19.9 Å². The molecule has 0 spiro atoms. The van der Waals surface area contributed by atoms with Crippen molar-refractivity contribution in [3.8, 4) is 28.3 Å². The van der Waals surface area contributed by atoms with E-state index in [1.165, 1.54) is 30.6 Å². The molecule has 0 bridgehead atoms. The Labute approximate surface area is 401 Å². The van der Waals surface area contributed by atoms with Crippen LogP contribution in [0, 0.1) is 23.0 Å². The number of aromatic nitrogens is 4. The quantitative estimate of drug-likeness (QED) is 0.0763. The van der Waals surface area contributed by atoms with Gasteiger partial charge in [-0.05, 0) is 101 Å². The first-order chi connectivity index (χ1) is 31.9. The third-order valence-electron chi connectivity index (χ3n) is 10.2. The van der Waals surface area contributed by atoms with Gasteiger partial charge >= 0.3 is 0 Å². The number of pyridine rings is 2. The summed E-state index contributed by atoms with van der Waals surface area (Å²) < 4.78 is 83.8. The Morgan fingerprint density at radius 3 is 1.51 bits per heavy atom. The molecule has 0 unspecified atom stereocenters. The average Bonchev–Trinajstić information content (AvgIpc) is 3.92. The summed E-state index contributed by atoms with van der Waals surface area (Å²) in [5.41, 5.74) is 2.64. The number of benzene rings is 4. The van der Waals surface area contributed by atoms with Crippen LogP contribution in [-0.4, -0.2) is 59.8 Å². The van der Waals surface area contributed by atoms with Gasteiger partial charge in [0, 0.05) is 72.3 Å². The molecule has 8 aromatic rings. The van der Waals surface area contributed by atoms with Crippen LogP contribution in [0.1, 0.15) is 64.1 Å². The molecule has 4 N–H and O–H groups in total.